The molecular formula is C24H30ClN3O. The molecule has 0 saturated carbocycles. The van der Waals surface area contributed by atoms with Crippen LogP contribution < -0.4 is 10.1 Å². The van der Waals surface area contributed by atoms with Crippen LogP contribution in [0.15, 0.2) is 36.4 Å². The Morgan fingerprint density at radius 2 is 1.86 bits per heavy atom. The molecule has 0 radical (unpaired) electrons. The molecule has 5 heteroatoms. The summed E-state index contributed by atoms with van der Waals surface area (Å²) in [6.45, 7) is 8.09. The van der Waals surface area contributed by atoms with Crippen molar-refractivity contribution in [1.82, 2.24) is 14.9 Å². The van der Waals surface area contributed by atoms with Crippen LogP contribution in [0.4, 0.5) is 0 Å². The summed E-state index contributed by atoms with van der Waals surface area (Å²) in [6.07, 6.45) is 5.06. The van der Waals surface area contributed by atoms with E-state index in [1.165, 1.54) is 42.3 Å². The van der Waals surface area contributed by atoms with E-state index in [4.69, 9.17) is 21.3 Å². The van der Waals surface area contributed by atoms with Crippen LogP contribution in [0.1, 0.15) is 42.6 Å². The molecular weight excluding hydrogens is 382 g/mol. The lowest BCUT2D eigenvalue weighted by Gasteiger charge is -2.22. The van der Waals surface area contributed by atoms with Gasteiger partial charge >= 0.3 is 0 Å². The lowest BCUT2D eigenvalue weighted by molar-refractivity contribution is 0.287. The smallest absolute Gasteiger partial charge is 0.148 e. The van der Waals surface area contributed by atoms with Crippen LogP contribution >= 0.6 is 11.6 Å². The average Bonchev–Trinajstić information content (AvgIpc) is 3.09. The average molecular weight is 412 g/mol. The fourth-order valence-corrected chi connectivity index (χ4v) is 4.35. The zero-order chi connectivity index (χ0) is 20.2. The second-order valence-corrected chi connectivity index (χ2v) is 8.57. The first-order chi connectivity index (χ1) is 14.1. The number of aromatic nitrogens is 2. The highest BCUT2D eigenvalue weighted by Gasteiger charge is 2.16. The quantitative estimate of drug-likeness (QED) is 0.544. The van der Waals surface area contributed by atoms with E-state index < -0.39 is 0 Å². The number of hydrogen-bond donors (Lipinski definition) is 1. The maximum absolute atomic E-state index is 6.03. The predicted molar refractivity (Wildman–Crippen MR) is 120 cm³/mol. The molecule has 29 heavy (non-hydrogen) atoms. The van der Waals surface area contributed by atoms with Gasteiger partial charge in [0.2, 0.25) is 0 Å². The van der Waals surface area contributed by atoms with Gasteiger partial charge in [-0.1, -0.05) is 17.7 Å². The Labute approximate surface area is 178 Å². The van der Waals surface area contributed by atoms with Crippen molar-refractivity contribution in [2.75, 3.05) is 13.1 Å². The molecule has 3 aromatic rings. The molecule has 0 aliphatic carbocycles. The minimum absolute atomic E-state index is 0.460. The Bertz CT molecular complexity index is 958. The summed E-state index contributed by atoms with van der Waals surface area (Å²) in [4.78, 5) is 4.97. The fourth-order valence-electron chi connectivity index (χ4n) is 4.22. The normalized spacial score (nSPS) is 15.1. The molecule has 1 N–H and O–H groups in total. The van der Waals surface area contributed by atoms with Gasteiger partial charge in [-0.25, -0.2) is 4.98 Å². The topological polar surface area (TPSA) is 39.1 Å². The van der Waals surface area contributed by atoms with E-state index in [0.717, 1.165) is 42.6 Å². The molecule has 0 unspecified atom stereocenters. The van der Waals surface area contributed by atoms with Gasteiger partial charge in [0.05, 0.1) is 11.0 Å². The standard InChI is InChI=1S/C24H30ClN3O/c1-17-5-10-22-24(18(17)2)27-23(16-29-21-8-6-20(25)7-9-21)28(22)15-3-4-19-11-13-26-14-12-19/h5-10,19,26H,3-4,11-16H2,1-2H3. The third-order valence-corrected chi connectivity index (χ3v) is 6.41. The Kier molecular flexibility index (Phi) is 6.41. The molecule has 1 aliphatic heterocycles. The Morgan fingerprint density at radius 1 is 1.10 bits per heavy atom. The molecule has 1 aliphatic rings. The summed E-state index contributed by atoms with van der Waals surface area (Å²) in [5, 5.41) is 4.18. The SMILES string of the molecule is Cc1ccc2c(nc(COc3ccc(Cl)cc3)n2CCCC2CCNCC2)c1C. The van der Waals surface area contributed by atoms with Crippen LogP contribution in [0.5, 0.6) is 5.75 Å². The van der Waals surface area contributed by atoms with Crippen molar-refractivity contribution < 1.29 is 4.74 Å². The highest BCUT2D eigenvalue weighted by molar-refractivity contribution is 6.30. The number of nitrogens with one attached hydrogen (secondary N) is 1. The molecule has 2 heterocycles. The van der Waals surface area contributed by atoms with Crippen LogP contribution in [0.3, 0.4) is 0 Å². The highest BCUT2D eigenvalue weighted by Crippen LogP contribution is 2.26. The van der Waals surface area contributed by atoms with Crippen molar-refractivity contribution in [3.8, 4) is 5.75 Å². The third kappa shape index (κ3) is 4.76. The molecule has 154 valence electrons. The number of imidazole rings is 1. The maximum Gasteiger partial charge on any atom is 0.148 e. The van der Waals surface area contributed by atoms with Gasteiger partial charge in [0.25, 0.3) is 0 Å². The van der Waals surface area contributed by atoms with Gasteiger partial charge in [-0.2, -0.15) is 0 Å². The summed E-state index contributed by atoms with van der Waals surface area (Å²) in [7, 11) is 0. The first-order valence-electron chi connectivity index (χ1n) is 10.7. The number of benzene rings is 2. The van der Waals surface area contributed by atoms with Crippen LogP contribution in [-0.4, -0.2) is 22.6 Å². The minimum atomic E-state index is 0.460. The van der Waals surface area contributed by atoms with Crippen molar-refractivity contribution in [3.05, 3.63) is 58.4 Å². The summed E-state index contributed by atoms with van der Waals surface area (Å²) < 4.78 is 8.39. The molecule has 4 nitrogen and oxygen atoms in total. The zero-order valence-corrected chi connectivity index (χ0v) is 18.1. The van der Waals surface area contributed by atoms with Gasteiger partial charge in [0, 0.05) is 11.6 Å². The van der Waals surface area contributed by atoms with Crippen LogP contribution in [0.25, 0.3) is 11.0 Å². The second kappa shape index (κ2) is 9.19. The molecule has 1 fully saturated rings. The largest absolute Gasteiger partial charge is 0.486 e. The van der Waals surface area contributed by atoms with Crippen molar-refractivity contribution >= 4 is 22.6 Å². The van der Waals surface area contributed by atoms with E-state index in [-0.39, 0.29) is 0 Å². The summed E-state index contributed by atoms with van der Waals surface area (Å²) >= 11 is 5.98. The Hall–Kier alpha value is -2.04. The highest BCUT2D eigenvalue weighted by atomic mass is 35.5. The summed E-state index contributed by atoms with van der Waals surface area (Å²) in [5.41, 5.74) is 4.85. The zero-order valence-electron chi connectivity index (χ0n) is 17.4. The van der Waals surface area contributed by atoms with Gasteiger partial charge in [0.1, 0.15) is 18.2 Å². The van der Waals surface area contributed by atoms with Crippen molar-refractivity contribution in [3.63, 3.8) is 0 Å². The second-order valence-electron chi connectivity index (χ2n) is 8.13. The molecule has 2 aromatic carbocycles. The van der Waals surface area contributed by atoms with E-state index >= 15 is 0 Å². The van der Waals surface area contributed by atoms with Crippen LogP contribution in [0.2, 0.25) is 5.02 Å². The van der Waals surface area contributed by atoms with Crippen molar-refractivity contribution in [2.45, 2.75) is 52.7 Å². The third-order valence-electron chi connectivity index (χ3n) is 6.16. The molecule has 0 spiro atoms. The van der Waals surface area contributed by atoms with E-state index in [9.17, 15) is 0 Å². The van der Waals surface area contributed by atoms with Gasteiger partial charge in [-0.3, -0.25) is 0 Å². The van der Waals surface area contributed by atoms with E-state index in [2.05, 4.69) is 35.9 Å². The number of piperidine rings is 1. The maximum atomic E-state index is 6.03. The molecule has 4 rings (SSSR count). The van der Waals surface area contributed by atoms with E-state index in [0.29, 0.717) is 11.6 Å². The number of fused-ring (bicyclic) bond motifs is 1. The van der Waals surface area contributed by atoms with Crippen molar-refractivity contribution in [1.29, 1.82) is 0 Å². The lowest BCUT2D eigenvalue weighted by Crippen LogP contribution is -2.27. The monoisotopic (exact) mass is 411 g/mol. The predicted octanol–water partition coefficient (Wildman–Crippen LogP) is 5.67. The summed E-state index contributed by atoms with van der Waals surface area (Å²) in [6, 6.07) is 11.9. The first kappa shape index (κ1) is 20.2. The Balaban J connectivity index is 1.53. The van der Waals surface area contributed by atoms with Crippen LogP contribution in [0, 0.1) is 19.8 Å². The lowest BCUT2D eigenvalue weighted by atomic mass is 9.93. The Morgan fingerprint density at radius 3 is 2.62 bits per heavy atom. The molecule has 1 aromatic heterocycles. The van der Waals surface area contributed by atoms with E-state index in [1.807, 2.05) is 24.3 Å². The van der Waals surface area contributed by atoms with Gasteiger partial charge in [-0.05, 0) is 100.0 Å². The molecule has 0 amide bonds. The van der Waals surface area contributed by atoms with E-state index in [1.54, 1.807) is 0 Å². The fraction of sp³-hybridized carbons (Fsp3) is 0.458. The molecule has 0 bridgehead atoms. The number of halogens is 1. The number of ether oxygens (including phenoxy) is 1. The summed E-state index contributed by atoms with van der Waals surface area (Å²) in [5.74, 6) is 2.66. The number of hydrogen-bond acceptors (Lipinski definition) is 3. The van der Waals surface area contributed by atoms with Crippen LogP contribution in [-0.2, 0) is 13.2 Å². The minimum Gasteiger partial charge on any atom is -0.486 e. The molecule has 0 atom stereocenters. The van der Waals surface area contributed by atoms with Gasteiger partial charge in [-0.15, -0.1) is 0 Å². The number of aryl methyl sites for hydroxylation is 3. The van der Waals surface area contributed by atoms with Crippen molar-refractivity contribution in [2.24, 2.45) is 5.92 Å². The number of rotatable bonds is 7. The molecule has 1 saturated heterocycles. The van der Waals surface area contributed by atoms with Gasteiger partial charge < -0.3 is 14.6 Å². The number of nitrogens with zero attached hydrogens (tertiary/aromatic N) is 2. The first-order valence-corrected chi connectivity index (χ1v) is 11.0. The van der Waals surface area contributed by atoms with Gasteiger partial charge in [0.15, 0.2) is 0 Å².